The van der Waals surface area contributed by atoms with E-state index in [0.29, 0.717) is 54.8 Å². The normalized spacial score (nSPS) is 11.7. The maximum absolute atomic E-state index is 14.1. The highest BCUT2D eigenvalue weighted by Gasteiger charge is 2.30. The Hall–Kier alpha value is -4.83. The molecule has 0 fully saturated rings. The lowest BCUT2D eigenvalue weighted by Crippen LogP contribution is -2.40. The van der Waals surface area contributed by atoms with Crippen LogP contribution in [-0.4, -0.2) is 51.4 Å². The van der Waals surface area contributed by atoms with Crippen molar-refractivity contribution >= 4 is 16.8 Å². The third-order valence-electron chi connectivity index (χ3n) is 8.62. The topological polar surface area (TPSA) is 58.4 Å². The number of nitrogens with zero attached hydrogens (tertiary/aromatic N) is 4. The van der Waals surface area contributed by atoms with Crippen LogP contribution in [0.25, 0.3) is 22.0 Å². The van der Waals surface area contributed by atoms with Crippen molar-refractivity contribution in [2.24, 2.45) is 0 Å². The van der Waals surface area contributed by atoms with Crippen LogP contribution < -0.4 is 5.56 Å². The summed E-state index contributed by atoms with van der Waals surface area (Å²) in [6.07, 6.45) is -3.51. The molecule has 10 heteroatoms. The lowest BCUT2D eigenvalue weighted by Gasteiger charge is -2.28. The second-order valence-corrected chi connectivity index (χ2v) is 11.7. The summed E-state index contributed by atoms with van der Waals surface area (Å²) in [5.74, 6) is -0.00214. The number of fused-ring (bicyclic) bond motifs is 1. The summed E-state index contributed by atoms with van der Waals surface area (Å²) in [6, 6.07) is 25.8. The minimum absolute atomic E-state index is 0.0333. The maximum atomic E-state index is 14.1. The third-order valence-corrected chi connectivity index (χ3v) is 8.62. The Balaban J connectivity index is 1.41. The van der Waals surface area contributed by atoms with E-state index in [2.05, 4.69) is 23.7 Å². The molecule has 1 amide bonds. The second kappa shape index (κ2) is 15.4. The first-order chi connectivity index (χ1) is 23.0. The van der Waals surface area contributed by atoms with Gasteiger partial charge in [-0.05, 0) is 78.2 Å². The Bertz CT molecular complexity index is 1880. The van der Waals surface area contributed by atoms with Gasteiger partial charge in [0.2, 0.25) is 5.91 Å². The molecule has 5 aromatic rings. The molecule has 0 radical (unpaired) electrons. The van der Waals surface area contributed by atoms with Crippen LogP contribution in [0.1, 0.15) is 36.4 Å². The molecule has 0 aliphatic carbocycles. The van der Waals surface area contributed by atoms with Crippen LogP contribution in [0, 0.1) is 5.82 Å². The van der Waals surface area contributed by atoms with Crippen LogP contribution in [0.5, 0.6) is 0 Å². The van der Waals surface area contributed by atoms with Gasteiger partial charge in [0.15, 0.2) is 0 Å². The molecule has 0 aliphatic rings. The average Bonchev–Trinajstić information content (AvgIpc) is 3.09. The quantitative estimate of drug-likeness (QED) is 0.124. The van der Waals surface area contributed by atoms with Gasteiger partial charge in [-0.3, -0.25) is 9.59 Å². The summed E-state index contributed by atoms with van der Waals surface area (Å²) >= 11 is 0. The number of rotatable bonds is 13. The van der Waals surface area contributed by atoms with E-state index >= 15 is 0 Å². The van der Waals surface area contributed by atoms with Gasteiger partial charge in [0.25, 0.3) is 5.56 Å². The second-order valence-electron chi connectivity index (χ2n) is 11.7. The summed E-state index contributed by atoms with van der Waals surface area (Å²) in [4.78, 5) is 35.5. The highest BCUT2D eigenvalue weighted by molar-refractivity contribution is 5.82. The number of aryl methyl sites for hydroxylation is 2. The molecule has 0 aliphatic heterocycles. The predicted molar refractivity (Wildman–Crippen MR) is 180 cm³/mol. The monoisotopic (exact) mass is 658 g/mol. The van der Waals surface area contributed by atoms with Crippen LogP contribution in [0.4, 0.5) is 17.6 Å². The zero-order valence-corrected chi connectivity index (χ0v) is 27.0. The molecule has 6 nitrogen and oxygen atoms in total. The minimum atomic E-state index is -4.40. The third kappa shape index (κ3) is 8.55. The molecule has 0 saturated heterocycles. The van der Waals surface area contributed by atoms with Crippen LogP contribution in [0.3, 0.4) is 0 Å². The van der Waals surface area contributed by atoms with Crippen molar-refractivity contribution in [2.75, 3.05) is 26.2 Å². The van der Waals surface area contributed by atoms with E-state index in [-0.39, 0.29) is 23.8 Å². The molecule has 0 bridgehead atoms. The Morgan fingerprint density at radius 1 is 0.771 bits per heavy atom. The summed E-state index contributed by atoms with van der Waals surface area (Å²) in [7, 11) is 0. The number of hydrogen-bond acceptors (Lipinski definition) is 4. The zero-order valence-electron chi connectivity index (χ0n) is 27.0. The summed E-state index contributed by atoms with van der Waals surface area (Å²) in [5, 5.41) is 0.421. The molecule has 0 unspecified atom stereocenters. The van der Waals surface area contributed by atoms with Crippen molar-refractivity contribution in [2.45, 2.75) is 46.0 Å². The van der Waals surface area contributed by atoms with Crippen molar-refractivity contribution < 1.29 is 22.4 Å². The first-order valence-electron chi connectivity index (χ1n) is 16.0. The molecular weight excluding hydrogens is 620 g/mol. The molecule has 0 spiro atoms. The molecule has 1 aromatic heterocycles. The molecule has 0 atom stereocenters. The molecule has 0 saturated carbocycles. The predicted octanol–water partition coefficient (Wildman–Crippen LogP) is 7.38. The van der Waals surface area contributed by atoms with Gasteiger partial charge in [0.05, 0.1) is 16.5 Å². The molecular formula is C38H38F4N4O2. The van der Waals surface area contributed by atoms with E-state index in [0.717, 1.165) is 41.9 Å². The van der Waals surface area contributed by atoms with Crippen LogP contribution in [0.15, 0.2) is 102 Å². The Morgan fingerprint density at radius 2 is 1.38 bits per heavy atom. The van der Waals surface area contributed by atoms with Gasteiger partial charge < -0.3 is 14.4 Å². The highest BCUT2D eigenvalue weighted by Crippen LogP contribution is 2.31. The van der Waals surface area contributed by atoms with Gasteiger partial charge in [-0.15, -0.1) is 0 Å². The number of benzene rings is 4. The van der Waals surface area contributed by atoms with Crippen LogP contribution in [0.2, 0.25) is 0 Å². The van der Waals surface area contributed by atoms with Crippen molar-refractivity contribution in [3.05, 3.63) is 136 Å². The first kappa shape index (κ1) is 34.5. The van der Waals surface area contributed by atoms with Crippen LogP contribution in [-0.2, 0) is 36.9 Å². The van der Waals surface area contributed by atoms with Crippen molar-refractivity contribution in [3.8, 4) is 11.1 Å². The SMILES string of the molecule is CCN(CC)CCN(Cc1ccc(-c2ccc(C(F)(F)F)cc2)cc1)C(=O)Cn1c(CCc2ccc(F)cc2)nc(=O)c2ccccc21. The summed E-state index contributed by atoms with van der Waals surface area (Å²) < 4.78 is 54.4. The Kier molecular flexibility index (Phi) is 11.1. The van der Waals surface area contributed by atoms with E-state index in [1.54, 1.807) is 33.7 Å². The number of hydrogen-bond donors (Lipinski definition) is 0. The van der Waals surface area contributed by atoms with Gasteiger partial charge in [0, 0.05) is 26.1 Å². The van der Waals surface area contributed by atoms with Gasteiger partial charge in [-0.2, -0.15) is 18.2 Å². The van der Waals surface area contributed by atoms with Crippen molar-refractivity contribution in [1.82, 2.24) is 19.4 Å². The van der Waals surface area contributed by atoms with Crippen molar-refractivity contribution in [1.29, 1.82) is 0 Å². The van der Waals surface area contributed by atoms with E-state index in [1.807, 2.05) is 36.4 Å². The molecule has 250 valence electrons. The van der Waals surface area contributed by atoms with E-state index in [4.69, 9.17) is 0 Å². The number of para-hydroxylation sites is 1. The number of aromatic nitrogens is 2. The van der Waals surface area contributed by atoms with Crippen LogP contribution >= 0.6 is 0 Å². The van der Waals surface area contributed by atoms with E-state index < -0.39 is 11.7 Å². The van der Waals surface area contributed by atoms with Crippen molar-refractivity contribution in [3.63, 3.8) is 0 Å². The highest BCUT2D eigenvalue weighted by atomic mass is 19.4. The largest absolute Gasteiger partial charge is 0.416 e. The van der Waals surface area contributed by atoms with E-state index in [9.17, 15) is 27.2 Å². The lowest BCUT2D eigenvalue weighted by molar-refractivity contribution is -0.137. The van der Waals surface area contributed by atoms with Gasteiger partial charge in [-0.25, -0.2) is 4.39 Å². The number of amides is 1. The Morgan fingerprint density at radius 3 is 2.00 bits per heavy atom. The molecule has 48 heavy (non-hydrogen) atoms. The summed E-state index contributed by atoms with van der Waals surface area (Å²) in [5.41, 5.74) is 2.74. The molecule has 4 aromatic carbocycles. The standard InChI is InChI=1S/C38H38F4N4O2/c1-3-44(4-2)23-24-45(25-28-9-14-29(15-10-28)30-16-18-31(19-17-30)38(40,41)42)36(47)26-46-34-8-6-5-7-33(34)37(48)43-35(46)22-13-27-11-20-32(39)21-12-27/h5-12,14-21H,3-4,13,22-26H2,1-2H3. The Labute approximate surface area is 277 Å². The van der Waals surface area contributed by atoms with Gasteiger partial charge in [0.1, 0.15) is 18.2 Å². The zero-order chi connectivity index (χ0) is 34.3. The fourth-order valence-electron chi connectivity index (χ4n) is 5.75. The molecule has 0 N–H and O–H groups in total. The number of carbonyl (C=O) groups is 1. The number of likely N-dealkylation sites (N-methyl/N-ethyl adjacent to an activating group) is 1. The summed E-state index contributed by atoms with van der Waals surface area (Å²) in [6.45, 7) is 7.24. The first-order valence-corrected chi connectivity index (χ1v) is 16.0. The number of halogens is 4. The van der Waals surface area contributed by atoms with E-state index in [1.165, 1.54) is 24.3 Å². The molecule has 5 rings (SSSR count). The lowest BCUT2D eigenvalue weighted by atomic mass is 10.0. The minimum Gasteiger partial charge on any atom is -0.336 e. The fraction of sp³-hybridized carbons (Fsp3) is 0.289. The molecule has 1 heterocycles. The fourth-order valence-corrected chi connectivity index (χ4v) is 5.75. The average molecular weight is 659 g/mol. The van der Waals surface area contributed by atoms with Gasteiger partial charge in [-0.1, -0.05) is 74.5 Å². The number of carbonyl (C=O) groups excluding carboxylic acids is 1. The maximum Gasteiger partial charge on any atom is 0.416 e. The smallest absolute Gasteiger partial charge is 0.336 e. The number of alkyl halides is 3. The van der Waals surface area contributed by atoms with Gasteiger partial charge >= 0.3 is 6.18 Å².